The summed E-state index contributed by atoms with van der Waals surface area (Å²) in [5, 5.41) is 7.35. The van der Waals surface area contributed by atoms with Gasteiger partial charge in [0, 0.05) is 24.4 Å². The van der Waals surface area contributed by atoms with E-state index in [0.717, 1.165) is 48.5 Å². The zero-order valence-corrected chi connectivity index (χ0v) is 13.7. The second-order valence-electron chi connectivity index (χ2n) is 5.12. The molecule has 2 heterocycles. The predicted molar refractivity (Wildman–Crippen MR) is 86.5 cm³/mol. The Morgan fingerprint density at radius 1 is 1.50 bits per heavy atom. The summed E-state index contributed by atoms with van der Waals surface area (Å²) < 4.78 is 1.88. The molecule has 1 atom stereocenters. The number of aromatic nitrogens is 2. The van der Waals surface area contributed by atoms with Crippen LogP contribution in [-0.2, 0) is 26.3 Å². The number of hydrogen-bond acceptors (Lipinski definition) is 3. The van der Waals surface area contributed by atoms with Crippen LogP contribution < -0.4 is 5.73 Å². The Hall–Kier alpha value is -0.840. The quantitative estimate of drug-likeness (QED) is 0.849. The molecule has 3 nitrogen and oxygen atoms in total. The van der Waals surface area contributed by atoms with E-state index in [9.17, 15) is 0 Å². The Bertz CT molecular complexity index is 534. The zero-order chi connectivity index (χ0) is 14.5. The molecule has 110 valence electrons. The Labute approximate surface area is 129 Å². The highest BCUT2D eigenvalue weighted by Crippen LogP contribution is 2.22. The van der Waals surface area contributed by atoms with Gasteiger partial charge in [0.15, 0.2) is 0 Å². The Morgan fingerprint density at radius 2 is 2.30 bits per heavy atom. The highest BCUT2D eigenvalue weighted by molar-refractivity contribution is 7.09. The largest absolute Gasteiger partial charge is 0.327 e. The highest BCUT2D eigenvalue weighted by atomic mass is 35.5. The SMILES string of the molecule is CCc1nn(C)c(CC(N)CCCc2cccs2)c1Cl. The smallest absolute Gasteiger partial charge is 0.0850 e. The summed E-state index contributed by atoms with van der Waals surface area (Å²) >= 11 is 8.17. The number of hydrogen-bond donors (Lipinski definition) is 1. The third kappa shape index (κ3) is 3.84. The first kappa shape index (κ1) is 15.5. The van der Waals surface area contributed by atoms with Crippen molar-refractivity contribution in [1.29, 1.82) is 0 Å². The summed E-state index contributed by atoms with van der Waals surface area (Å²) in [6.07, 6.45) is 4.91. The molecule has 2 aromatic rings. The molecule has 0 saturated heterocycles. The Balaban J connectivity index is 1.85. The van der Waals surface area contributed by atoms with E-state index in [1.165, 1.54) is 4.88 Å². The second-order valence-corrected chi connectivity index (χ2v) is 6.53. The molecule has 0 aliphatic heterocycles. The Kier molecular flexibility index (Phi) is 5.64. The van der Waals surface area contributed by atoms with Crippen molar-refractivity contribution in [2.45, 2.75) is 45.1 Å². The lowest BCUT2D eigenvalue weighted by Gasteiger charge is -2.11. The van der Waals surface area contributed by atoms with E-state index in [1.807, 2.05) is 23.1 Å². The molecule has 1 unspecified atom stereocenters. The van der Waals surface area contributed by atoms with Crippen molar-refractivity contribution in [1.82, 2.24) is 9.78 Å². The molecule has 0 aliphatic rings. The maximum atomic E-state index is 6.35. The fourth-order valence-electron chi connectivity index (χ4n) is 2.39. The van der Waals surface area contributed by atoms with Crippen molar-refractivity contribution >= 4 is 22.9 Å². The molecule has 2 N–H and O–H groups in total. The lowest BCUT2D eigenvalue weighted by molar-refractivity contribution is 0.557. The molecule has 20 heavy (non-hydrogen) atoms. The molecule has 0 spiro atoms. The molecule has 0 aliphatic carbocycles. The zero-order valence-electron chi connectivity index (χ0n) is 12.1. The van der Waals surface area contributed by atoms with Gasteiger partial charge in [-0.05, 0) is 37.1 Å². The van der Waals surface area contributed by atoms with Crippen LogP contribution in [0.2, 0.25) is 5.02 Å². The lowest BCUT2D eigenvalue weighted by Crippen LogP contribution is -2.24. The second kappa shape index (κ2) is 7.25. The monoisotopic (exact) mass is 311 g/mol. The molecule has 0 fully saturated rings. The van der Waals surface area contributed by atoms with Gasteiger partial charge in [0.2, 0.25) is 0 Å². The van der Waals surface area contributed by atoms with Gasteiger partial charge in [-0.1, -0.05) is 24.6 Å². The highest BCUT2D eigenvalue weighted by Gasteiger charge is 2.15. The summed E-state index contributed by atoms with van der Waals surface area (Å²) in [6.45, 7) is 2.07. The van der Waals surface area contributed by atoms with Crippen molar-refractivity contribution in [3.63, 3.8) is 0 Å². The molecular weight excluding hydrogens is 290 g/mol. The molecule has 0 radical (unpaired) electrons. The maximum absolute atomic E-state index is 6.35. The summed E-state index contributed by atoms with van der Waals surface area (Å²) in [7, 11) is 1.94. The van der Waals surface area contributed by atoms with Gasteiger partial charge in [-0.25, -0.2) is 0 Å². The summed E-state index contributed by atoms with van der Waals surface area (Å²) in [6, 6.07) is 4.43. The predicted octanol–water partition coefficient (Wildman–Crippen LogP) is 3.59. The van der Waals surface area contributed by atoms with Gasteiger partial charge in [0.25, 0.3) is 0 Å². The van der Waals surface area contributed by atoms with E-state index in [-0.39, 0.29) is 6.04 Å². The van der Waals surface area contributed by atoms with Crippen molar-refractivity contribution < 1.29 is 0 Å². The van der Waals surface area contributed by atoms with Crippen LogP contribution in [0.1, 0.15) is 36.0 Å². The van der Waals surface area contributed by atoms with Gasteiger partial charge in [-0.3, -0.25) is 4.68 Å². The van der Waals surface area contributed by atoms with Crippen LogP contribution in [0.15, 0.2) is 17.5 Å². The summed E-state index contributed by atoms with van der Waals surface area (Å²) in [5.41, 5.74) is 8.27. The molecule has 0 saturated carbocycles. The number of aryl methyl sites for hydroxylation is 3. The minimum absolute atomic E-state index is 0.146. The van der Waals surface area contributed by atoms with E-state index >= 15 is 0 Å². The summed E-state index contributed by atoms with van der Waals surface area (Å²) in [4.78, 5) is 1.43. The van der Waals surface area contributed by atoms with E-state index in [1.54, 1.807) is 0 Å². The van der Waals surface area contributed by atoms with Crippen LogP contribution in [0, 0.1) is 0 Å². The fraction of sp³-hybridized carbons (Fsp3) is 0.533. The molecule has 0 aromatic carbocycles. The van der Waals surface area contributed by atoms with Crippen LogP contribution in [0.4, 0.5) is 0 Å². The van der Waals surface area contributed by atoms with Crippen molar-refractivity contribution in [3.8, 4) is 0 Å². The standard InChI is InChI=1S/C15H22ClN3S/c1-3-13-15(16)14(19(2)18-13)10-11(17)6-4-7-12-8-5-9-20-12/h5,8-9,11H,3-4,6-7,10,17H2,1-2H3. The summed E-state index contributed by atoms with van der Waals surface area (Å²) in [5.74, 6) is 0. The van der Waals surface area contributed by atoms with Gasteiger partial charge in [-0.15, -0.1) is 11.3 Å². The molecule has 5 heteroatoms. The number of nitrogens with two attached hydrogens (primary N) is 1. The van der Waals surface area contributed by atoms with Crippen LogP contribution in [0.25, 0.3) is 0 Å². The van der Waals surface area contributed by atoms with Crippen LogP contribution >= 0.6 is 22.9 Å². The normalized spacial score (nSPS) is 12.8. The molecule has 2 rings (SSSR count). The van der Waals surface area contributed by atoms with Gasteiger partial charge in [0.05, 0.1) is 16.4 Å². The topological polar surface area (TPSA) is 43.8 Å². The first-order valence-corrected chi connectivity index (χ1v) is 8.35. The van der Waals surface area contributed by atoms with Crippen LogP contribution in [-0.4, -0.2) is 15.8 Å². The number of nitrogens with zero attached hydrogens (tertiary/aromatic N) is 2. The molecular formula is C15H22ClN3S. The minimum Gasteiger partial charge on any atom is -0.327 e. The first-order chi connectivity index (χ1) is 9.61. The van der Waals surface area contributed by atoms with Crippen molar-refractivity contribution in [2.75, 3.05) is 0 Å². The number of halogens is 1. The minimum atomic E-state index is 0.146. The van der Waals surface area contributed by atoms with Gasteiger partial charge in [0.1, 0.15) is 0 Å². The maximum Gasteiger partial charge on any atom is 0.0850 e. The third-order valence-electron chi connectivity index (χ3n) is 3.54. The lowest BCUT2D eigenvalue weighted by atomic mass is 10.0. The van der Waals surface area contributed by atoms with Gasteiger partial charge >= 0.3 is 0 Å². The molecule has 2 aromatic heterocycles. The van der Waals surface area contributed by atoms with E-state index in [0.29, 0.717) is 0 Å². The van der Waals surface area contributed by atoms with E-state index < -0.39 is 0 Å². The van der Waals surface area contributed by atoms with Crippen molar-refractivity contribution in [2.24, 2.45) is 12.8 Å². The van der Waals surface area contributed by atoms with Crippen molar-refractivity contribution in [3.05, 3.63) is 38.8 Å². The number of rotatable bonds is 7. The average Bonchev–Trinajstić information content (AvgIpc) is 3.02. The average molecular weight is 312 g/mol. The Morgan fingerprint density at radius 3 is 2.90 bits per heavy atom. The fourth-order valence-corrected chi connectivity index (χ4v) is 3.51. The van der Waals surface area contributed by atoms with E-state index in [4.69, 9.17) is 17.3 Å². The molecule has 0 bridgehead atoms. The van der Waals surface area contributed by atoms with E-state index in [2.05, 4.69) is 29.5 Å². The van der Waals surface area contributed by atoms with Gasteiger partial charge < -0.3 is 5.73 Å². The first-order valence-electron chi connectivity index (χ1n) is 7.10. The number of thiophene rings is 1. The van der Waals surface area contributed by atoms with Crippen LogP contribution in [0.5, 0.6) is 0 Å². The van der Waals surface area contributed by atoms with Crippen LogP contribution in [0.3, 0.4) is 0 Å². The van der Waals surface area contributed by atoms with Gasteiger partial charge in [-0.2, -0.15) is 5.10 Å². The molecule has 0 amide bonds. The third-order valence-corrected chi connectivity index (χ3v) is 4.91.